The van der Waals surface area contributed by atoms with Crippen molar-refractivity contribution in [2.24, 2.45) is 10.8 Å². The molecule has 0 aliphatic heterocycles. The number of hydrogen-bond acceptors (Lipinski definition) is 2. The summed E-state index contributed by atoms with van der Waals surface area (Å²) in [6.45, 7) is 13.9. The first-order valence-electron chi connectivity index (χ1n) is 12.1. The fraction of sp³-hybridized carbons (Fsp3) is 0.778. The van der Waals surface area contributed by atoms with Crippen LogP contribution in [0.25, 0.3) is 0 Å². The molecule has 168 valence electrons. The largest absolute Gasteiger partial charge is 0.508 e. The Balaban J connectivity index is 2.43. The summed E-state index contributed by atoms with van der Waals surface area (Å²) in [6, 6.07) is 3.31. The molecule has 0 aromatic heterocycles. The summed E-state index contributed by atoms with van der Waals surface area (Å²) in [4.78, 5) is 0. The van der Waals surface area contributed by atoms with Gasteiger partial charge in [0.1, 0.15) is 11.5 Å². The Labute approximate surface area is 181 Å². The molecule has 0 saturated heterocycles. The van der Waals surface area contributed by atoms with Crippen LogP contribution < -0.4 is 0 Å². The maximum atomic E-state index is 10.4. The Morgan fingerprint density at radius 1 is 0.621 bits per heavy atom. The van der Waals surface area contributed by atoms with Gasteiger partial charge in [-0.25, -0.2) is 0 Å². The molecule has 0 bridgehead atoms. The lowest BCUT2D eigenvalue weighted by Gasteiger charge is -2.22. The number of phenolic OH excluding ortho intramolecular Hbond substituents is 2. The van der Waals surface area contributed by atoms with Gasteiger partial charge in [-0.3, -0.25) is 0 Å². The smallest absolute Gasteiger partial charge is 0.119 e. The van der Waals surface area contributed by atoms with Gasteiger partial charge in [0.25, 0.3) is 0 Å². The fourth-order valence-corrected chi connectivity index (χ4v) is 3.97. The highest BCUT2D eigenvalue weighted by molar-refractivity contribution is 5.47. The molecule has 1 aromatic carbocycles. The van der Waals surface area contributed by atoms with Crippen molar-refractivity contribution in [3.8, 4) is 11.5 Å². The molecule has 2 nitrogen and oxygen atoms in total. The summed E-state index contributed by atoms with van der Waals surface area (Å²) in [5, 5.41) is 20.7. The van der Waals surface area contributed by atoms with Crippen molar-refractivity contribution in [1.82, 2.24) is 0 Å². The number of rotatable bonds is 14. The maximum absolute atomic E-state index is 10.4. The van der Waals surface area contributed by atoms with Crippen LogP contribution in [0, 0.1) is 10.8 Å². The van der Waals surface area contributed by atoms with Crippen LogP contribution in [0.5, 0.6) is 11.5 Å². The first kappa shape index (κ1) is 25.9. The molecular weight excluding hydrogens is 356 g/mol. The minimum absolute atomic E-state index is 0.359. The van der Waals surface area contributed by atoms with E-state index in [-0.39, 0.29) is 0 Å². The van der Waals surface area contributed by atoms with Crippen LogP contribution in [0.15, 0.2) is 12.1 Å². The SMILES string of the molecule is CCC(C)(C)CCCCCCc1c(O)ccc(O)c1CCCCCCC(C)(C)C. The second-order valence-corrected chi connectivity index (χ2v) is 11.0. The molecule has 1 rings (SSSR count). The Bertz CT molecular complexity index is 581. The third kappa shape index (κ3) is 11.0. The van der Waals surface area contributed by atoms with E-state index >= 15 is 0 Å². The first-order chi connectivity index (χ1) is 13.6. The molecule has 2 heteroatoms. The number of benzene rings is 1. The van der Waals surface area contributed by atoms with Gasteiger partial charge in [-0.1, -0.05) is 86.5 Å². The first-order valence-corrected chi connectivity index (χ1v) is 12.1. The lowest BCUT2D eigenvalue weighted by molar-refractivity contribution is 0.307. The lowest BCUT2D eigenvalue weighted by atomic mass is 9.84. The van der Waals surface area contributed by atoms with E-state index in [4.69, 9.17) is 0 Å². The van der Waals surface area contributed by atoms with E-state index in [1.54, 1.807) is 12.1 Å². The van der Waals surface area contributed by atoms with Crippen LogP contribution in [0.3, 0.4) is 0 Å². The molecule has 0 saturated carbocycles. The zero-order valence-corrected chi connectivity index (χ0v) is 20.2. The van der Waals surface area contributed by atoms with Crippen LogP contribution in [-0.4, -0.2) is 10.2 Å². The van der Waals surface area contributed by atoms with E-state index in [9.17, 15) is 10.2 Å². The van der Waals surface area contributed by atoms with Crippen molar-refractivity contribution < 1.29 is 10.2 Å². The van der Waals surface area contributed by atoms with Crippen LogP contribution in [0.1, 0.15) is 123 Å². The van der Waals surface area contributed by atoms with Crippen molar-refractivity contribution in [3.63, 3.8) is 0 Å². The van der Waals surface area contributed by atoms with Gasteiger partial charge in [-0.15, -0.1) is 0 Å². The summed E-state index contributed by atoms with van der Waals surface area (Å²) in [5.41, 5.74) is 2.84. The molecule has 2 N–H and O–H groups in total. The molecule has 0 aliphatic carbocycles. The third-order valence-corrected chi connectivity index (χ3v) is 6.47. The molecule has 0 amide bonds. The second-order valence-electron chi connectivity index (χ2n) is 11.0. The third-order valence-electron chi connectivity index (χ3n) is 6.47. The quantitative estimate of drug-likeness (QED) is 0.241. The second kappa shape index (κ2) is 12.5. The highest BCUT2D eigenvalue weighted by atomic mass is 16.3. The Morgan fingerprint density at radius 2 is 1.03 bits per heavy atom. The zero-order valence-electron chi connectivity index (χ0n) is 20.2. The Morgan fingerprint density at radius 3 is 1.45 bits per heavy atom. The average Bonchev–Trinajstić information content (AvgIpc) is 2.64. The van der Waals surface area contributed by atoms with Gasteiger partial charge < -0.3 is 10.2 Å². The van der Waals surface area contributed by atoms with Crippen molar-refractivity contribution in [2.75, 3.05) is 0 Å². The van der Waals surface area contributed by atoms with Crippen LogP contribution >= 0.6 is 0 Å². The van der Waals surface area contributed by atoms with Crippen molar-refractivity contribution in [3.05, 3.63) is 23.3 Å². The minimum atomic E-state index is 0.359. The number of phenols is 2. The number of hydrogen-bond donors (Lipinski definition) is 2. The van der Waals surface area contributed by atoms with Gasteiger partial charge in [0.15, 0.2) is 0 Å². The zero-order chi connectivity index (χ0) is 21.9. The standard InChI is InChI=1S/C27H48O2/c1-7-27(5,6)21-15-11-9-13-17-23-22(24(28)18-19-25(23)29)16-12-8-10-14-20-26(2,3)4/h18-19,28-29H,7-17,20-21H2,1-6H3. The molecule has 0 spiro atoms. The van der Waals surface area contributed by atoms with Gasteiger partial charge in [0, 0.05) is 11.1 Å². The molecule has 1 aromatic rings. The van der Waals surface area contributed by atoms with Gasteiger partial charge in [-0.2, -0.15) is 0 Å². The van der Waals surface area contributed by atoms with Crippen LogP contribution in [-0.2, 0) is 12.8 Å². The highest BCUT2D eigenvalue weighted by Crippen LogP contribution is 2.33. The molecule has 0 atom stereocenters. The van der Waals surface area contributed by atoms with Crippen molar-refractivity contribution >= 4 is 0 Å². The Hall–Kier alpha value is -1.18. The summed E-state index contributed by atoms with van der Waals surface area (Å²) in [5.74, 6) is 0.717. The van der Waals surface area contributed by atoms with Gasteiger partial charge >= 0.3 is 0 Å². The monoisotopic (exact) mass is 404 g/mol. The van der Waals surface area contributed by atoms with Gasteiger partial charge in [0.2, 0.25) is 0 Å². The Kier molecular flexibility index (Phi) is 11.1. The average molecular weight is 405 g/mol. The number of unbranched alkanes of at least 4 members (excludes halogenated alkanes) is 6. The van der Waals surface area contributed by atoms with E-state index in [0.29, 0.717) is 22.3 Å². The molecule has 0 heterocycles. The predicted octanol–water partition coefficient (Wildman–Crippen LogP) is 8.57. The normalized spacial score (nSPS) is 12.5. The fourth-order valence-electron chi connectivity index (χ4n) is 3.97. The molecular formula is C27H48O2. The lowest BCUT2D eigenvalue weighted by Crippen LogP contribution is -2.08. The molecule has 29 heavy (non-hydrogen) atoms. The van der Waals surface area contributed by atoms with E-state index in [2.05, 4.69) is 41.5 Å². The maximum Gasteiger partial charge on any atom is 0.119 e. The van der Waals surface area contributed by atoms with E-state index in [1.165, 1.54) is 57.8 Å². The topological polar surface area (TPSA) is 40.5 Å². The van der Waals surface area contributed by atoms with Crippen molar-refractivity contribution in [2.45, 2.75) is 125 Å². The molecule has 0 unspecified atom stereocenters. The van der Waals surface area contributed by atoms with E-state index < -0.39 is 0 Å². The molecule has 0 radical (unpaired) electrons. The van der Waals surface area contributed by atoms with Gasteiger partial charge in [0.05, 0.1) is 0 Å². The summed E-state index contributed by atoms with van der Waals surface area (Å²) in [6.07, 6.45) is 15.2. The molecule has 0 aliphatic rings. The van der Waals surface area contributed by atoms with E-state index in [0.717, 1.165) is 36.8 Å². The minimum Gasteiger partial charge on any atom is -0.508 e. The summed E-state index contributed by atoms with van der Waals surface area (Å²) < 4.78 is 0. The van der Waals surface area contributed by atoms with Crippen LogP contribution in [0.4, 0.5) is 0 Å². The molecule has 0 fully saturated rings. The summed E-state index contributed by atoms with van der Waals surface area (Å²) in [7, 11) is 0. The number of aromatic hydroxyl groups is 2. The van der Waals surface area contributed by atoms with Crippen molar-refractivity contribution in [1.29, 1.82) is 0 Å². The summed E-state index contributed by atoms with van der Waals surface area (Å²) >= 11 is 0. The van der Waals surface area contributed by atoms with Gasteiger partial charge in [-0.05, 0) is 61.5 Å². The predicted molar refractivity (Wildman–Crippen MR) is 127 cm³/mol. The van der Waals surface area contributed by atoms with Crippen LogP contribution in [0.2, 0.25) is 0 Å². The highest BCUT2D eigenvalue weighted by Gasteiger charge is 2.15. The van der Waals surface area contributed by atoms with E-state index in [1.807, 2.05) is 0 Å².